The Kier molecular flexibility index (Phi) is 7.53. The van der Waals surface area contributed by atoms with Gasteiger partial charge in [0.15, 0.2) is 0 Å². The Morgan fingerprint density at radius 2 is 1.56 bits per heavy atom. The van der Waals surface area contributed by atoms with Crippen molar-refractivity contribution in [3.63, 3.8) is 0 Å². The zero-order chi connectivity index (χ0) is 32.8. The van der Waals surface area contributed by atoms with E-state index in [1.54, 1.807) is 0 Å². The van der Waals surface area contributed by atoms with Crippen molar-refractivity contribution in [1.82, 2.24) is 0 Å². The molecule has 1 unspecified atom stereocenters. The summed E-state index contributed by atoms with van der Waals surface area (Å²) < 4.78 is 6.43. The molecule has 0 amide bonds. The van der Waals surface area contributed by atoms with E-state index < -0.39 is 0 Å². The number of rotatable bonds is 7. The number of fused-ring (bicyclic) bond motifs is 6. The normalized spacial score (nSPS) is 16.8. The first-order valence-electron chi connectivity index (χ1n) is 17.2. The van der Waals surface area contributed by atoms with Gasteiger partial charge in [0.25, 0.3) is 0 Å². The molecule has 2 nitrogen and oxygen atoms in total. The largest absolute Gasteiger partial charge is 0.456 e. The van der Waals surface area contributed by atoms with Gasteiger partial charge in [0, 0.05) is 44.7 Å². The molecular weight excluding hydrogens is 583 g/mol. The van der Waals surface area contributed by atoms with Gasteiger partial charge in [0.05, 0.1) is 0 Å². The molecule has 48 heavy (non-hydrogen) atoms. The maximum atomic E-state index is 6.43. The number of para-hydroxylation sites is 2. The lowest BCUT2D eigenvalue weighted by atomic mass is 9.82. The van der Waals surface area contributed by atoms with Crippen molar-refractivity contribution in [2.24, 2.45) is 0 Å². The molecule has 1 atom stereocenters. The molecule has 2 aliphatic carbocycles. The summed E-state index contributed by atoms with van der Waals surface area (Å²) in [6, 6.07) is 39.8. The number of anilines is 2. The molecule has 0 bridgehead atoms. The van der Waals surface area contributed by atoms with Crippen LogP contribution in [0.3, 0.4) is 0 Å². The Hall–Kier alpha value is -5.34. The number of furan rings is 1. The minimum atomic E-state index is -0.0724. The monoisotopic (exact) mass is 623 g/mol. The van der Waals surface area contributed by atoms with Crippen molar-refractivity contribution in [3.8, 4) is 11.1 Å². The SMILES string of the molecule is C/C=C(\C=C/CC)c1ccc(N(C2=CCC(c3cccc4c3oc3ccccc34)C=C2)c2ccc3c(c2)C(C)(C)c2ccccc2-3)cc1. The van der Waals surface area contributed by atoms with Gasteiger partial charge in [-0.05, 0) is 89.6 Å². The predicted molar refractivity (Wildman–Crippen MR) is 204 cm³/mol. The summed E-state index contributed by atoms with van der Waals surface area (Å²) in [5.41, 5.74) is 14.5. The van der Waals surface area contributed by atoms with E-state index in [-0.39, 0.29) is 11.3 Å². The third-order valence-electron chi connectivity index (χ3n) is 10.3. The highest BCUT2D eigenvalue weighted by atomic mass is 16.3. The van der Waals surface area contributed by atoms with Crippen LogP contribution in [0.1, 0.15) is 68.7 Å². The van der Waals surface area contributed by atoms with Crippen LogP contribution in [-0.2, 0) is 5.41 Å². The third-order valence-corrected chi connectivity index (χ3v) is 10.3. The van der Waals surface area contributed by atoms with E-state index >= 15 is 0 Å². The molecule has 5 aromatic carbocycles. The molecule has 0 saturated heterocycles. The molecule has 1 aromatic heterocycles. The smallest absolute Gasteiger partial charge is 0.139 e. The van der Waals surface area contributed by atoms with E-state index in [0.29, 0.717) is 0 Å². The molecule has 236 valence electrons. The van der Waals surface area contributed by atoms with Crippen molar-refractivity contribution in [2.45, 2.75) is 51.9 Å². The van der Waals surface area contributed by atoms with Crippen LogP contribution in [0.25, 0.3) is 38.6 Å². The molecule has 0 aliphatic heterocycles. The van der Waals surface area contributed by atoms with E-state index in [1.807, 2.05) is 6.07 Å². The highest BCUT2D eigenvalue weighted by molar-refractivity contribution is 6.06. The number of hydrogen-bond donors (Lipinski definition) is 0. The number of nitrogens with zero attached hydrogens (tertiary/aromatic N) is 1. The first-order chi connectivity index (χ1) is 23.5. The fourth-order valence-electron chi connectivity index (χ4n) is 7.75. The lowest BCUT2D eigenvalue weighted by Gasteiger charge is -2.31. The van der Waals surface area contributed by atoms with Crippen LogP contribution < -0.4 is 4.90 Å². The van der Waals surface area contributed by atoms with E-state index in [0.717, 1.165) is 29.7 Å². The fourth-order valence-corrected chi connectivity index (χ4v) is 7.75. The highest BCUT2D eigenvalue weighted by Gasteiger charge is 2.36. The van der Waals surface area contributed by atoms with Crippen LogP contribution in [0, 0.1) is 0 Å². The second-order valence-electron chi connectivity index (χ2n) is 13.5. The van der Waals surface area contributed by atoms with Crippen LogP contribution in [0.15, 0.2) is 156 Å². The summed E-state index contributed by atoms with van der Waals surface area (Å²) in [4.78, 5) is 2.43. The maximum Gasteiger partial charge on any atom is 0.139 e. The molecule has 2 heteroatoms. The molecule has 1 heterocycles. The van der Waals surface area contributed by atoms with Gasteiger partial charge in [0.2, 0.25) is 0 Å². The van der Waals surface area contributed by atoms with Crippen LogP contribution in [-0.4, -0.2) is 0 Å². The first kappa shape index (κ1) is 30.0. The van der Waals surface area contributed by atoms with Crippen LogP contribution in [0.4, 0.5) is 11.4 Å². The molecule has 0 radical (unpaired) electrons. The number of hydrogen-bond acceptors (Lipinski definition) is 2. The first-order valence-corrected chi connectivity index (χ1v) is 17.2. The Labute approximate surface area is 284 Å². The predicted octanol–water partition coefficient (Wildman–Crippen LogP) is 13.0. The molecule has 0 N–H and O–H groups in total. The van der Waals surface area contributed by atoms with Crippen LogP contribution >= 0.6 is 0 Å². The van der Waals surface area contributed by atoms with Crippen LogP contribution in [0.5, 0.6) is 0 Å². The van der Waals surface area contributed by atoms with Gasteiger partial charge in [-0.25, -0.2) is 0 Å². The Morgan fingerprint density at radius 1 is 0.812 bits per heavy atom. The molecule has 0 saturated carbocycles. The second kappa shape index (κ2) is 12.0. The molecule has 6 aromatic rings. The van der Waals surface area contributed by atoms with Crippen LogP contribution in [0.2, 0.25) is 0 Å². The Bertz CT molecular complexity index is 2290. The van der Waals surface area contributed by atoms with Gasteiger partial charge in [-0.1, -0.05) is 130 Å². The van der Waals surface area contributed by atoms with Crippen molar-refractivity contribution in [3.05, 3.63) is 174 Å². The van der Waals surface area contributed by atoms with Crippen molar-refractivity contribution in [1.29, 1.82) is 0 Å². The topological polar surface area (TPSA) is 16.4 Å². The van der Waals surface area contributed by atoms with Gasteiger partial charge in [-0.3, -0.25) is 0 Å². The minimum absolute atomic E-state index is 0.0724. The van der Waals surface area contributed by atoms with E-state index in [9.17, 15) is 0 Å². The average Bonchev–Trinajstić information content (AvgIpc) is 3.62. The summed E-state index contributed by atoms with van der Waals surface area (Å²) in [5.74, 6) is 0.235. The average molecular weight is 624 g/mol. The van der Waals surface area contributed by atoms with E-state index in [1.165, 1.54) is 61.1 Å². The van der Waals surface area contributed by atoms with Gasteiger partial charge in [-0.15, -0.1) is 0 Å². The molecule has 0 fully saturated rings. The summed E-state index contributed by atoms with van der Waals surface area (Å²) in [6.07, 6.45) is 15.6. The number of allylic oxidation sites excluding steroid dienone is 7. The van der Waals surface area contributed by atoms with Gasteiger partial charge in [0.1, 0.15) is 11.2 Å². The fraction of sp³-hybridized carbons (Fsp3) is 0.174. The quantitative estimate of drug-likeness (QED) is 0.165. The van der Waals surface area contributed by atoms with E-state index in [4.69, 9.17) is 4.42 Å². The van der Waals surface area contributed by atoms with Gasteiger partial charge < -0.3 is 9.32 Å². The standard InChI is InChI=1S/C46H41NO/c1-5-7-13-31(6-2)32-20-24-34(25-21-32)47(36-28-29-39-38-14-8-10-18-42(38)46(3,4)43(39)30-36)35-26-22-33(23-27-35)37-16-12-17-41-40-15-9-11-19-44(40)48-45(37)41/h6-22,24-30,33H,5,23H2,1-4H3/b13-7-,31-6+. The molecule has 8 rings (SSSR count). The van der Waals surface area contributed by atoms with E-state index in [2.05, 4.69) is 172 Å². The second-order valence-corrected chi connectivity index (χ2v) is 13.5. The molecule has 2 aliphatic rings. The van der Waals surface area contributed by atoms with Crippen molar-refractivity contribution < 1.29 is 4.42 Å². The Balaban J connectivity index is 1.19. The summed E-state index contributed by atoms with van der Waals surface area (Å²) >= 11 is 0. The maximum absolute atomic E-state index is 6.43. The molecule has 0 spiro atoms. The van der Waals surface area contributed by atoms with Crippen molar-refractivity contribution in [2.75, 3.05) is 4.90 Å². The zero-order valence-electron chi connectivity index (χ0n) is 28.2. The Morgan fingerprint density at radius 3 is 2.35 bits per heavy atom. The lowest BCUT2D eigenvalue weighted by Crippen LogP contribution is -2.19. The van der Waals surface area contributed by atoms with Gasteiger partial charge in [-0.2, -0.15) is 0 Å². The third kappa shape index (κ3) is 4.95. The molecular formula is C46H41NO. The van der Waals surface area contributed by atoms with Crippen molar-refractivity contribution >= 4 is 38.9 Å². The summed E-state index contributed by atoms with van der Waals surface area (Å²) in [5, 5.41) is 2.36. The zero-order valence-corrected chi connectivity index (χ0v) is 28.2. The summed E-state index contributed by atoms with van der Waals surface area (Å²) in [7, 11) is 0. The lowest BCUT2D eigenvalue weighted by molar-refractivity contribution is 0.657. The number of benzene rings is 5. The highest BCUT2D eigenvalue weighted by Crippen LogP contribution is 2.50. The minimum Gasteiger partial charge on any atom is -0.456 e. The summed E-state index contributed by atoms with van der Waals surface area (Å²) in [6.45, 7) is 8.99. The van der Waals surface area contributed by atoms with Gasteiger partial charge >= 0.3 is 0 Å².